The molecule has 2 rings (SSSR count). The maximum atomic E-state index is 12.9. The van der Waals surface area contributed by atoms with Gasteiger partial charge in [0.2, 0.25) is 5.91 Å². The lowest BCUT2D eigenvalue weighted by Crippen LogP contribution is -2.28. The van der Waals surface area contributed by atoms with Crippen molar-refractivity contribution < 1.29 is 13.4 Å². The number of benzene rings is 2. The second-order valence-electron chi connectivity index (χ2n) is 5.78. The first kappa shape index (κ1) is 18.3. The lowest BCUT2D eigenvalue weighted by molar-refractivity contribution is -0.121. The summed E-state index contributed by atoms with van der Waals surface area (Å²) < 4.78 is 24.9. The van der Waals surface area contributed by atoms with Crippen LogP contribution in [-0.4, -0.2) is 22.4 Å². The molecular weight excluding hydrogens is 325 g/mol. The number of amides is 1. The minimum atomic E-state index is -0.995. The van der Waals surface area contributed by atoms with Gasteiger partial charge in [-0.25, -0.2) is 4.39 Å². The molecular formula is C19H22FNO2S. The van der Waals surface area contributed by atoms with Crippen molar-refractivity contribution in [2.24, 2.45) is 0 Å². The van der Waals surface area contributed by atoms with Gasteiger partial charge in [-0.2, -0.15) is 0 Å². The Balaban J connectivity index is 1.69. The Labute approximate surface area is 144 Å². The fraction of sp³-hybridized carbons (Fsp3) is 0.316. The smallest absolute Gasteiger partial charge is 0.220 e. The zero-order valence-corrected chi connectivity index (χ0v) is 14.5. The molecule has 128 valence electrons. The SMILES string of the molecule is C[C@H](CC(=O)NCC[S@@](=O)Cc1ccccc1)c1ccc(F)cc1. The fourth-order valence-electron chi connectivity index (χ4n) is 2.40. The molecule has 0 aliphatic carbocycles. The molecule has 0 aliphatic heterocycles. The van der Waals surface area contributed by atoms with Crippen molar-refractivity contribution >= 4 is 16.7 Å². The Hall–Kier alpha value is -2.01. The first-order chi connectivity index (χ1) is 11.5. The van der Waals surface area contributed by atoms with E-state index < -0.39 is 10.8 Å². The molecule has 1 amide bonds. The highest BCUT2D eigenvalue weighted by atomic mass is 32.2. The summed E-state index contributed by atoms with van der Waals surface area (Å²) in [5.74, 6) is 0.592. The van der Waals surface area contributed by atoms with E-state index in [1.54, 1.807) is 12.1 Å². The molecule has 0 aromatic heterocycles. The first-order valence-electron chi connectivity index (χ1n) is 7.95. The quantitative estimate of drug-likeness (QED) is 0.796. The van der Waals surface area contributed by atoms with Gasteiger partial charge >= 0.3 is 0 Å². The van der Waals surface area contributed by atoms with E-state index in [0.717, 1.165) is 11.1 Å². The van der Waals surface area contributed by atoms with Crippen molar-refractivity contribution in [3.8, 4) is 0 Å². The predicted octanol–water partition coefficient (Wildman–Crippen LogP) is 3.38. The maximum absolute atomic E-state index is 12.9. The molecule has 1 N–H and O–H groups in total. The van der Waals surface area contributed by atoms with Crippen LogP contribution in [0.5, 0.6) is 0 Å². The summed E-state index contributed by atoms with van der Waals surface area (Å²) in [5, 5.41) is 2.81. The number of carbonyl (C=O) groups is 1. The molecule has 5 heteroatoms. The Bertz CT molecular complexity index is 674. The standard InChI is InChI=1S/C19H22FNO2S/c1-15(17-7-9-18(20)10-8-17)13-19(22)21-11-12-24(23)14-16-5-3-2-4-6-16/h2-10,15H,11-14H2,1H3,(H,21,22)/t15-,24-/m1/s1. The van der Waals surface area contributed by atoms with Gasteiger partial charge in [-0.1, -0.05) is 49.4 Å². The van der Waals surface area contributed by atoms with Crippen LogP contribution in [0, 0.1) is 5.82 Å². The largest absolute Gasteiger partial charge is 0.355 e. The lowest BCUT2D eigenvalue weighted by atomic mass is 9.97. The summed E-state index contributed by atoms with van der Waals surface area (Å²) in [6.45, 7) is 2.33. The van der Waals surface area contributed by atoms with Crippen molar-refractivity contribution in [2.45, 2.75) is 25.0 Å². The molecule has 0 aliphatic rings. The molecule has 0 unspecified atom stereocenters. The van der Waals surface area contributed by atoms with E-state index in [-0.39, 0.29) is 17.6 Å². The molecule has 3 nitrogen and oxygen atoms in total. The van der Waals surface area contributed by atoms with E-state index >= 15 is 0 Å². The van der Waals surface area contributed by atoms with Crippen molar-refractivity contribution in [3.05, 3.63) is 71.5 Å². The summed E-state index contributed by atoms with van der Waals surface area (Å²) in [6.07, 6.45) is 0.330. The summed E-state index contributed by atoms with van der Waals surface area (Å²) in [5.41, 5.74) is 1.96. The van der Waals surface area contributed by atoms with Crippen molar-refractivity contribution in [2.75, 3.05) is 12.3 Å². The highest BCUT2D eigenvalue weighted by Crippen LogP contribution is 2.18. The number of halogens is 1. The minimum absolute atomic E-state index is 0.0143. The molecule has 2 atom stereocenters. The number of carbonyl (C=O) groups excluding carboxylic acids is 1. The number of hydrogen-bond acceptors (Lipinski definition) is 2. The average molecular weight is 347 g/mol. The van der Waals surface area contributed by atoms with Gasteiger partial charge in [0.25, 0.3) is 0 Å². The van der Waals surface area contributed by atoms with E-state index in [1.807, 2.05) is 37.3 Å². The van der Waals surface area contributed by atoms with Crippen LogP contribution in [0.3, 0.4) is 0 Å². The molecule has 0 bridgehead atoms. The topological polar surface area (TPSA) is 46.2 Å². The van der Waals surface area contributed by atoms with Gasteiger partial charge in [0, 0.05) is 35.3 Å². The first-order valence-corrected chi connectivity index (χ1v) is 9.44. The zero-order valence-electron chi connectivity index (χ0n) is 13.7. The molecule has 0 spiro atoms. The van der Waals surface area contributed by atoms with E-state index in [0.29, 0.717) is 24.5 Å². The molecule has 0 heterocycles. The lowest BCUT2D eigenvalue weighted by Gasteiger charge is -2.12. The van der Waals surface area contributed by atoms with Gasteiger partial charge in [-0.05, 0) is 29.2 Å². The third-order valence-corrected chi connectivity index (χ3v) is 5.07. The molecule has 0 saturated heterocycles. The van der Waals surface area contributed by atoms with Gasteiger partial charge in [-0.15, -0.1) is 0 Å². The average Bonchev–Trinajstić information content (AvgIpc) is 2.56. The van der Waals surface area contributed by atoms with Crippen molar-refractivity contribution in [1.29, 1.82) is 0 Å². The van der Waals surface area contributed by atoms with Crippen LogP contribution in [-0.2, 0) is 21.3 Å². The molecule has 2 aromatic carbocycles. The highest BCUT2D eigenvalue weighted by molar-refractivity contribution is 7.84. The van der Waals surface area contributed by atoms with Crippen LogP contribution < -0.4 is 5.32 Å². The summed E-state index contributed by atoms with van der Waals surface area (Å²) in [4.78, 5) is 11.9. The molecule has 0 saturated carbocycles. The van der Waals surface area contributed by atoms with Crippen LogP contribution in [0.2, 0.25) is 0 Å². The van der Waals surface area contributed by atoms with E-state index in [9.17, 15) is 13.4 Å². The Morgan fingerprint density at radius 2 is 1.79 bits per heavy atom. The zero-order chi connectivity index (χ0) is 17.4. The second-order valence-corrected chi connectivity index (χ2v) is 7.36. The van der Waals surface area contributed by atoms with Gasteiger partial charge in [-0.3, -0.25) is 9.00 Å². The highest BCUT2D eigenvalue weighted by Gasteiger charge is 2.11. The van der Waals surface area contributed by atoms with Crippen LogP contribution in [0.4, 0.5) is 4.39 Å². The van der Waals surface area contributed by atoms with Gasteiger partial charge in [0.15, 0.2) is 0 Å². The summed E-state index contributed by atoms with van der Waals surface area (Å²) in [7, 11) is -0.995. The predicted molar refractivity (Wildman–Crippen MR) is 95.6 cm³/mol. The molecule has 24 heavy (non-hydrogen) atoms. The molecule has 0 radical (unpaired) electrons. The number of nitrogens with one attached hydrogen (secondary N) is 1. The van der Waals surface area contributed by atoms with Crippen LogP contribution in [0.15, 0.2) is 54.6 Å². The summed E-state index contributed by atoms with van der Waals surface area (Å²) >= 11 is 0. The maximum Gasteiger partial charge on any atom is 0.220 e. The normalized spacial score (nSPS) is 13.2. The van der Waals surface area contributed by atoms with Crippen molar-refractivity contribution in [3.63, 3.8) is 0 Å². The van der Waals surface area contributed by atoms with Gasteiger partial charge in [0.05, 0.1) is 0 Å². The third-order valence-electron chi connectivity index (χ3n) is 3.75. The Morgan fingerprint density at radius 3 is 2.46 bits per heavy atom. The van der Waals surface area contributed by atoms with Gasteiger partial charge < -0.3 is 5.32 Å². The van der Waals surface area contributed by atoms with E-state index in [4.69, 9.17) is 0 Å². The second kappa shape index (κ2) is 9.33. The molecule has 0 fully saturated rings. The van der Waals surface area contributed by atoms with Gasteiger partial charge in [0.1, 0.15) is 5.82 Å². The van der Waals surface area contributed by atoms with Crippen LogP contribution >= 0.6 is 0 Å². The van der Waals surface area contributed by atoms with E-state index in [1.165, 1.54) is 12.1 Å². The van der Waals surface area contributed by atoms with Crippen molar-refractivity contribution in [1.82, 2.24) is 5.32 Å². The monoisotopic (exact) mass is 347 g/mol. The van der Waals surface area contributed by atoms with Crippen LogP contribution in [0.1, 0.15) is 30.4 Å². The number of hydrogen-bond donors (Lipinski definition) is 1. The fourth-order valence-corrected chi connectivity index (χ4v) is 3.43. The van der Waals surface area contributed by atoms with E-state index in [2.05, 4.69) is 5.32 Å². The Kier molecular flexibility index (Phi) is 7.12. The molecule has 2 aromatic rings. The third kappa shape index (κ3) is 6.24. The summed E-state index contributed by atoms with van der Waals surface area (Å²) in [6, 6.07) is 15.9. The van der Waals surface area contributed by atoms with Crippen LogP contribution in [0.25, 0.3) is 0 Å². The Morgan fingerprint density at radius 1 is 1.12 bits per heavy atom. The minimum Gasteiger partial charge on any atom is -0.355 e. The number of rotatable bonds is 8.